The van der Waals surface area contributed by atoms with Crippen molar-refractivity contribution in [1.82, 2.24) is 9.97 Å². The Morgan fingerprint density at radius 1 is 1.12 bits per heavy atom. The Kier molecular flexibility index (Phi) is 5.40. The highest BCUT2D eigenvalue weighted by Crippen LogP contribution is 2.23. The Bertz CT molecular complexity index is 868. The van der Waals surface area contributed by atoms with Crippen LogP contribution in [0.2, 0.25) is 0 Å². The van der Waals surface area contributed by atoms with Crippen LogP contribution in [0.4, 0.5) is 5.69 Å². The van der Waals surface area contributed by atoms with Gasteiger partial charge in [-0.2, -0.15) is 0 Å². The lowest BCUT2D eigenvalue weighted by Crippen LogP contribution is -2.20. The third kappa shape index (κ3) is 4.64. The van der Waals surface area contributed by atoms with Gasteiger partial charge in [-0.1, -0.05) is 36.4 Å². The van der Waals surface area contributed by atoms with E-state index in [0.29, 0.717) is 17.3 Å². The summed E-state index contributed by atoms with van der Waals surface area (Å²) in [6, 6.07) is 15.4. The van der Waals surface area contributed by atoms with Crippen LogP contribution in [0.3, 0.4) is 0 Å². The van der Waals surface area contributed by atoms with Crippen molar-refractivity contribution in [2.24, 2.45) is 0 Å². The molecule has 0 saturated carbocycles. The van der Waals surface area contributed by atoms with Crippen LogP contribution in [0.15, 0.2) is 65.4 Å². The van der Waals surface area contributed by atoms with Crippen molar-refractivity contribution < 1.29 is 9.53 Å². The summed E-state index contributed by atoms with van der Waals surface area (Å²) in [6.07, 6.45) is 3.12. The van der Waals surface area contributed by atoms with Crippen molar-refractivity contribution in [1.29, 1.82) is 0 Å². The first-order valence-electron chi connectivity index (χ1n) is 7.68. The number of rotatable bonds is 5. The standard InChI is InChI=1S/C19H16BrN3O2/c1-13-7-8-17(16(20)9-13)23-18(24)12-25-15-10-21-19(22-11-15)14-5-3-2-4-6-14/h2-11H,12H2,1H3,(H,23,24). The number of carbonyl (C=O) groups excluding carboxylic acids is 1. The van der Waals surface area contributed by atoms with Gasteiger partial charge in [-0.3, -0.25) is 4.79 Å². The maximum atomic E-state index is 12.0. The number of nitrogens with zero attached hydrogens (tertiary/aromatic N) is 2. The molecule has 1 N–H and O–H groups in total. The average Bonchev–Trinajstić information content (AvgIpc) is 2.63. The number of hydrogen-bond acceptors (Lipinski definition) is 4. The number of nitrogens with one attached hydrogen (secondary N) is 1. The van der Waals surface area contributed by atoms with Gasteiger partial charge in [0.2, 0.25) is 0 Å². The Morgan fingerprint density at radius 3 is 2.52 bits per heavy atom. The lowest BCUT2D eigenvalue weighted by atomic mass is 10.2. The van der Waals surface area contributed by atoms with Crippen LogP contribution < -0.4 is 10.1 Å². The molecule has 1 amide bonds. The van der Waals surface area contributed by atoms with E-state index in [0.717, 1.165) is 15.6 Å². The fourth-order valence-corrected chi connectivity index (χ4v) is 2.78. The molecule has 1 heterocycles. The van der Waals surface area contributed by atoms with Gasteiger partial charge in [-0.25, -0.2) is 9.97 Å². The Hall–Kier alpha value is -2.73. The summed E-state index contributed by atoms with van der Waals surface area (Å²) in [5.41, 5.74) is 2.74. The van der Waals surface area contributed by atoms with Crippen molar-refractivity contribution in [3.63, 3.8) is 0 Å². The highest BCUT2D eigenvalue weighted by molar-refractivity contribution is 9.10. The largest absolute Gasteiger partial charge is 0.481 e. The van der Waals surface area contributed by atoms with E-state index in [1.165, 1.54) is 0 Å². The zero-order valence-electron chi connectivity index (χ0n) is 13.6. The highest BCUT2D eigenvalue weighted by atomic mass is 79.9. The number of aromatic nitrogens is 2. The lowest BCUT2D eigenvalue weighted by Gasteiger charge is -2.09. The van der Waals surface area contributed by atoms with Gasteiger partial charge in [0.1, 0.15) is 0 Å². The Labute approximate surface area is 154 Å². The van der Waals surface area contributed by atoms with E-state index in [1.54, 1.807) is 12.4 Å². The molecule has 0 aliphatic carbocycles. The van der Waals surface area contributed by atoms with Crippen LogP contribution in [0.25, 0.3) is 11.4 Å². The van der Waals surface area contributed by atoms with Crippen LogP contribution in [0.5, 0.6) is 5.75 Å². The molecule has 0 unspecified atom stereocenters. The highest BCUT2D eigenvalue weighted by Gasteiger charge is 2.08. The summed E-state index contributed by atoms with van der Waals surface area (Å²) in [7, 11) is 0. The molecule has 3 aromatic rings. The maximum Gasteiger partial charge on any atom is 0.262 e. The predicted octanol–water partition coefficient (Wildman–Crippen LogP) is 4.23. The van der Waals surface area contributed by atoms with E-state index in [1.807, 2.05) is 55.5 Å². The fourth-order valence-electron chi connectivity index (χ4n) is 2.18. The monoisotopic (exact) mass is 397 g/mol. The minimum absolute atomic E-state index is 0.117. The normalized spacial score (nSPS) is 10.3. The topological polar surface area (TPSA) is 64.1 Å². The second-order valence-corrected chi connectivity index (χ2v) is 6.28. The smallest absolute Gasteiger partial charge is 0.262 e. The second-order valence-electron chi connectivity index (χ2n) is 5.43. The van der Waals surface area contributed by atoms with E-state index in [9.17, 15) is 4.79 Å². The molecule has 5 nitrogen and oxygen atoms in total. The number of benzene rings is 2. The van der Waals surface area contributed by atoms with E-state index in [2.05, 4.69) is 31.2 Å². The third-order valence-electron chi connectivity index (χ3n) is 3.43. The summed E-state index contributed by atoms with van der Waals surface area (Å²) in [4.78, 5) is 20.5. The first kappa shape index (κ1) is 17.1. The minimum atomic E-state index is -0.253. The van der Waals surface area contributed by atoms with Crippen molar-refractivity contribution >= 4 is 27.5 Å². The molecule has 0 radical (unpaired) electrons. The van der Waals surface area contributed by atoms with Crippen molar-refractivity contribution in [3.05, 3.63) is 71.0 Å². The zero-order chi connectivity index (χ0) is 17.6. The summed E-state index contributed by atoms with van der Waals surface area (Å²) in [5, 5.41) is 2.79. The van der Waals surface area contributed by atoms with Gasteiger partial charge < -0.3 is 10.1 Å². The average molecular weight is 398 g/mol. The molecule has 0 aliphatic heterocycles. The van der Waals surface area contributed by atoms with Crippen molar-refractivity contribution in [2.75, 3.05) is 11.9 Å². The minimum Gasteiger partial charge on any atom is -0.481 e. The summed E-state index contributed by atoms with van der Waals surface area (Å²) < 4.78 is 6.27. The molecule has 0 saturated heterocycles. The molecule has 0 spiro atoms. The lowest BCUT2D eigenvalue weighted by molar-refractivity contribution is -0.118. The molecule has 1 aromatic heterocycles. The molecule has 6 heteroatoms. The van der Waals surface area contributed by atoms with E-state index < -0.39 is 0 Å². The molecule has 25 heavy (non-hydrogen) atoms. The van der Waals surface area contributed by atoms with E-state index in [4.69, 9.17) is 4.74 Å². The van der Waals surface area contributed by atoms with Gasteiger partial charge in [0.05, 0.1) is 18.1 Å². The first-order valence-corrected chi connectivity index (χ1v) is 8.47. The molecule has 0 bridgehead atoms. The zero-order valence-corrected chi connectivity index (χ0v) is 15.2. The van der Waals surface area contributed by atoms with Crippen LogP contribution in [-0.4, -0.2) is 22.5 Å². The number of hydrogen-bond donors (Lipinski definition) is 1. The van der Waals surface area contributed by atoms with Gasteiger partial charge >= 0.3 is 0 Å². The van der Waals surface area contributed by atoms with Gasteiger partial charge in [0.15, 0.2) is 18.2 Å². The fraction of sp³-hybridized carbons (Fsp3) is 0.105. The molecule has 3 rings (SSSR count). The van der Waals surface area contributed by atoms with E-state index in [-0.39, 0.29) is 12.5 Å². The number of halogens is 1. The summed E-state index contributed by atoms with van der Waals surface area (Å²) in [6.45, 7) is 1.87. The molecule has 0 aliphatic rings. The van der Waals surface area contributed by atoms with Crippen LogP contribution in [0, 0.1) is 6.92 Å². The van der Waals surface area contributed by atoms with Crippen LogP contribution in [-0.2, 0) is 4.79 Å². The maximum absolute atomic E-state index is 12.0. The summed E-state index contributed by atoms with van der Waals surface area (Å²) in [5.74, 6) is 0.801. The molecule has 126 valence electrons. The predicted molar refractivity (Wildman–Crippen MR) is 100 cm³/mol. The molecular formula is C19H16BrN3O2. The Morgan fingerprint density at radius 2 is 1.84 bits per heavy atom. The Balaban J connectivity index is 1.57. The van der Waals surface area contributed by atoms with E-state index >= 15 is 0 Å². The van der Waals surface area contributed by atoms with Gasteiger partial charge in [-0.15, -0.1) is 0 Å². The van der Waals surface area contributed by atoms with Crippen LogP contribution >= 0.6 is 15.9 Å². The number of anilines is 1. The first-order chi connectivity index (χ1) is 12.1. The van der Waals surface area contributed by atoms with Crippen LogP contribution in [0.1, 0.15) is 5.56 Å². The SMILES string of the molecule is Cc1ccc(NC(=O)COc2cnc(-c3ccccc3)nc2)c(Br)c1. The van der Waals surface area contributed by atoms with Gasteiger partial charge in [0, 0.05) is 10.0 Å². The molecular weight excluding hydrogens is 382 g/mol. The molecule has 2 aromatic carbocycles. The second kappa shape index (κ2) is 7.90. The summed E-state index contributed by atoms with van der Waals surface area (Å²) >= 11 is 3.43. The number of amides is 1. The molecule has 0 atom stereocenters. The number of aryl methyl sites for hydroxylation is 1. The van der Waals surface area contributed by atoms with Crippen molar-refractivity contribution in [2.45, 2.75) is 6.92 Å². The molecule has 0 fully saturated rings. The van der Waals surface area contributed by atoms with Gasteiger partial charge in [0.25, 0.3) is 5.91 Å². The number of carbonyl (C=O) groups is 1. The third-order valence-corrected chi connectivity index (χ3v) is 4.08. The van der Waals surface area contributed by atoms with Gasteiger partial charge in [-0.05, 0) is 40.5 Å². The number of ether oxygens (including phenoxy) is 1. The quantitative estimate of drug-likeness (QED) is 0.699. The van der Waals surface area contributed by atoms with Crippen molar-refractivity contribution in [3.8, 4) is 17.1 Å².